The van der Waals surface area contributed by atoms with Crippen molar-refractivity contribution < 1.29 is 9.13 Å². The van der Waals surface area contributed by atoms with Crippen molar-refractivity contribution in [3.63, 3.8) is 0 Å². The first-order valence-electron chi connectivity index (χ1n) is 4.00. The maximum atomic E-state index is 13.2. The number of ether oxygens (including phenoxy) is 1. The van der Waals surface area contributed by atoms with E-state index in [1.807, 2.05) is 6.92 Å². The number of nitrogens with one attached hydrogen (secondary N) is 1. The number of halogens is 2. The van der Waals surface area contributed by atoms with E-state index in [0.29, 0.717) is 12.3 Å². The Bertz CT molecular complexity index is 280. The van der Waals surface area contributed by atoms with Crippen LogP contribution in [0.4, 0.5) is 10.1 Å². The van der Waals surface area contributed by atoms with E-state index >= 15 is 0 Å². The minimum atomic E-state index is -0.378. The van der Waals surface area contributed by atoms with Gasteiger partial charge >= 0.3 is 0 Å². The average Bonchev–Trinajstić information content (AvgIpc) is 2.10. The van der Waals surface area contributed by atoms with Crippen molar-refractivity contribution in [1.29, 1.82) is 0 Å². The van der Waals surface area contributed by atoms with Gasteiger partial charge in [-0.15, -0.1) is 11.6 Å². The van der Waals surface area contributed by atoms with Crippen LogP contribution in [-0.4, -0.2) is 12.6 Å². The number of hydrogen-bond donors (Lipinski definition) is 1. The van der Waals surface area contributed by atoms with E-state index in [2.05, 4.69) is 5.32 Å². The van der Waals surface area contributed by atoms with Crippen molar-refractivity contribution in [3.05, 3.63) is 24.0 Å². The molecule has 1 rings (SSSR count). The monoisotopic (exact) mass is 203 g/mol. The molecule has 0 saturated carbocycles. The molecule has 0 saturated heterocycles. The fourth-order valence-electron chi connectivity index (χ4n) is 0.961. The molecule has 2 nitrogen and oxygen atoms in total. The van der Waals surface area contributed by atoms with Crippen molar-refractivity contribution in [2.24, 2.45) is 0 Å². The van der Waals surface area contributed by atoms with Gasteiger partial charge in [-0.3, -0.25) is 0 Å². The summed E-state index contributed by atoms with van der Waals surface area (Å²) in [5, 5.41) is 2.79. The molecule has 0 aliphatic rings. The molecule has 0 radical (unpaired) electrons. The van der Waals surface area contributed by atoms with E-state index in [4.69, 9.17) is 16.3 Å². The molecule has 0 fully saturated rings. The Hall–Kier alpha value is -0.960. The summed E-state index contributed by atoms with van der Waals surface area (Å²) in [6, 6.07) is 4.91. The molecule has 0 heterocycles. The topological polar surface area (TPSA) is 21.3 Å². The van der Waals surface area contributed by atoms with Gasteiger partial charge in [0.1, 0.15) is 0 Å². The lowest BCUT2D eigenvalue weighted by Crippen LogP contribution is -1.98. The van der Waals surface area contributed by atoms with Crippen LogP contribution in [0.3, 0.4) is 0 Å². The van der Waals surface area contributed by atoms with Gasteiger partial charge < -0.3 is 10.1 Å². The van der Waals surface area contributed by atoms with Crippen LogP contribution in [0.5, 0.6) is 5.75 Å². The number of rotatable bonds is 4. The molecule has 13 heavy (non-hydrogen) atoms. The molecule has 72 valence electrons. The van der Waals surface area contributed by atoms with Crippen LogP contribution in [0.15, 0.2) is 18.2 Å². The first-order chi connectivity index (χ1) is 6.27. The molecule has 1 aromatic carbocycles. The molecule has 0 aliphatic carbocycles. The van der Waals surface area contributed by atoms with Gasteiger partial charge in [0.05, 0.1) is 12.6 Å². The molecule has 0 unspecified atom stereocenters. The van der Waals surface area contributed by atoms with E-state index < -0.39 is 0 Å². The predicted molar refractivity (Wildman–Crippen MR) is 51.9 cm³/mol. The minimum absolute atomic E-state index is 0.257. The van der Waals surface area contributed by atoms with Crippen LogP contribution in [-0.2, 0) is 0 Å². The Morgan fingerprint density at radius 3 is 2.85 bits per heavy atom. The summed E-state index contributed by atoms with van der Waals surface area (Å²) >= 11 is 5.42. The van der Waals surface area contributed by atoms with Crippen LogP contribution < -0.4 is 10.1 Å². The molecule has 0 aromatic heterocycles. The van der Waals surface area contributed by atoms with Crippen molar-refractivity contribution in [1.82, 2.24) is 0 Å². The highest BCUT2D eigenvalue weighted by atomic mass is 35.5. The lowest BCUT2D eigenvalue weighted by molar-refractivity contribution is 0.321. The van der Waals surface area contributed by atoms with Crippen molar-refractivity contribution >= 4 is 17.3 Å². The van der Waals surface area contributed by atoms with Crippen molar-refractivity contribution in [3.8, 4) is 5.75 Å². The number of hydrogen-bond acceptors (Lipinski definition) is 2. The highest BCUT2D eigenvalue weighted by Crippen LogP contribution is 2.20. The fraction of sp³-hybridized carbons (Fsp3) is 0.333. The largest absolute Gasteiger partial charge is 0.491 e. The van der Waals surface area contributed by atoms with Crippen molar-refractivity contribution in [2.45, 2.75) is 6.92 Å². The predicted octanol–water partition coefficient (Wildman–Crippen LogP) is 2.83. The summed E-state index contributed by atoms with van der Waals surface area (Å²) < 4.78 is 18.2. The molecular weight excluding hydrogens is 193 g/mol. The zero-order valence-corrected chi connectivity index (χ0v) is 8.07. The number of alkyl halides is 1. The van der Waals surface area contributed by atoms with E-state index in [1.54, 1.807) is 12.1 Å². The molecule has 0 atom stereocenters. The van der Waals surface area contributed by atoms with E-state index in [9.17, 15) is 4.39 Å². The molecule has 0 aliphatic heterocycles. The second kappa shape index (κ2) is 4.92. The Labute approximate surface area is 81.7 Å². The summed E-state index contributed by atoms with van der Waals surface area (Å²) in [4.78, 5) is 0. The first-order valence-corrected chi connectivity index (χ1v) is 4.53. The van der Waals surface area contributed by atoms with Crippen LogP contribution >= 0.6 is 11.6 Å². The highest BCUT2D eigenvalue weighted by Gasteiger charge is 2.02. The van der Waals surface area contributed by atoms with E-state index in [0.717, 1.165) is 0 Å². The molecule has 0 bridgehead atoms. The van der Waals surface area contributed by atoms with Gasteiger partial charge in [-0.05, 0) is 19.1 Å². The van der Waals surface area contributed by atoms with Gasteiger partial charge in [-0.25, -0.2) is 4.39 Å². The Morgan fingerprint density at radius 1 is 1.54 bits per heavy atom. The zero-order chi connectivity index (χ0) is 9.68. The Morgan fingerprint density at radius 2 is 2.31 bits per heavy atom. The fourth-order valence-corrected chi connectivity index (χ4v) is 1.11. The molecule has 0 spiro atoms. The summed E-state index contributed by atoms with van der Waals surface area (Å²) in [5.41, 5.74) is 0.649. The summed E-state index contributed by atoms with van der Waals surface area (Å²) in [6.45, 7) is 2.27. The number of anilines is 1. The van der Waals surface area contributed by atoms with Gasteiger partial charge in [0.15, 0.2) is 11.6 Å². The quantitative estimate of drug-likeness (QED) is 0.600. The van der Waals surface area contributed by atoms with Crippen LogP contribution in [0, 0.1) is 5.82 Å². The second-order valence-corrected chi connectivity index (χ2v) is 2.66. The molecule has 4 heteroatoms. The smallest absolute Gasteiger partial charge is 0.167 e. The van der Waals surface area contributed by atoms with Gasteiger partial charge in [-0.2, -0.15) is 0 Å². The van der Waals surface area contributed by atoms with Gasteiger partial charge in [0, 0.05) is 11.8 Å². The molecule has 1 aromatic rings. The minimum Gasteiger partial charge on any atom is -0.491 e. The van der Waals surface area contributed by atoms with Crippen LogP contribution in [0.25, 0.3) is 0 Å². The summed E-state index contributed by atoms with van der Waals surface area (Å²) in [5.74, 6) is -0.111. The third-order valence-electron chi connectivity index (χ3n) is 1.50. The Balaban J connectivity index is 2.79. The van der Waals surface area contributed by atoms with Gasteiger partial charge in [-0.1, -0.05) is 0 Å². The number of benzene rings is 1. The second-order valence-electron chi connectivity index (χ2n) is 2.39. The zero-order valence-electron chi connectivity index (χ0n) is 7.31. The molecular formula is C9H11ClFNO. The van der Waals surface area contributed by atoms with Crippen LogP contribution in [0.2, 0.25) is 0 Å². The Kier molecular flexibility index (Phi) is 3.83. The summed E-state index contributed by atoms with van der Waals surface area (Å²) in [6.07, 6.45) is 0. The maximum absolute atomic E-state index is 13.2. The van der Waals surface area contributed by atoms with Crippen LogP contribution in [0.1, 0.15) is 6.92 Å². The van der Waals surface area contributed by atoms with Crippen molar-refractivity contribution in [2.75, 3.05) is 17.9 Å². The summed E-state index contributed by atoms with van der Waals surface area (Å²) in [7, 11) is 0. The standard InChI is InChI=1S/C9H11ClFNO/c1-2-13-9-4-3-7(12-6-10)5-8(9)11/h3-5,12H,2,6H2,1H3. The van der Waals surface area contributed by atoms with E-state index in [-0.39, 0.29) is 17.6 Å². The van der Waals surface area contributed by atoms with E-state index in [1.165, 1.54) is 6.07 Å². The SMILES string of the molecule is CCOc1ccc(NCCl)cc1F. The lowest BCUT2D eigenvalue weighted by Gasteiger charge is -2.06. The molecule has 0 amide bonds. The first kappa shape index (κ1) is 10.1. The third-order valence-corrected chi connectivity index (χ3v) is 1.64. The normalized spacial score (nSPS) is 9.77. The maximum Gasteiger partial charge on any atom is 0.167 e. The third kappa shape index (κ3) is 2.77. The molecule has 1 N–H and O–H groups in total. The average molecular weight is 204 g/mol. The highest BCUT2D eigenvalue weighted by molar-refractivity contribution is 6.18. The van der Waals surface area contributed by atoms with Gasteiger partial charge in [0.25, 0.3) is 0 Å². The van der Waals surface area contributed by atoms with Gasteiger partial charge in [0.2, 0.25) is 0 Å². The lowest BCUT2D eigenvalue weighted by atomic mass is 10.3.